The van der Waals surface area contributed by atoms with Gasteiger partial charge in [0.1, 0.15) is 15.9 Å². The summed E-state index contributed by atoms with van der Waals surface area (Å²) in [6.45, 7) is 0. The summed E-state index contributed by atoms with van der Waals surface area (Å²) in [4.78, 5) is 0. The zero-order chi connectivity index (χ0) is 9.42. The number of hydrogen-bond acceptors (Lipinski definition) is 2. The van der Waals surface area contributed by atoms with Crippen molar-refractivity contribution in [3.63, 3.8) is 0 Å². The molecule has 0 aliphatic heterocycles. The van der Waals surface area contributed by atoms with E-state index in [0.29, 0.717) is 5.02 Å². The number of H-pyrrole nitrogens is 1. The fourth-order valence-electron chi connectivity index (χ4n) is 1.14. The van der Waals surface area contributed by atoms with Crippen LogP contribution in [0.25, 0.3) is 10.9 Å². The van der Waals surface area contributed by atoms with Crippen LogP contribution >= 0.6 is 27.5 Å². The standard InChI is InChI=1S/C8H6BrClN2O/c1-13-4-2-5-7(6(10)3-4)11-12-8(5)9/h2-3H,1H3,(H,11,12). The molecule has 0 unspecified atom stereocenters. The monoisotopic (exact) mass is 260 g/mol. The maximum absolute atomic E-state index is 5.97. The van der Waals surface area contributed by atoms with Gasteiger partial charge in [0.05, 0.1) is 12.1 Å². The second-order valence-electron chi connectivity index (χ2n) is 2.54. The van der Waals surface area contributed by atoms with E-state index in [2.05, 4.69) is 26.1 Å². The Labute approximate surface area is 88.2 Å². The van der Waals surface area contributed by atoms with E-state index in [-0.39, 0.29) is 0 Å². The van der Waals surface area contributed by atoms with Crippen molar-refractivity contribution in [1.82, 2.24) is 10.2 Å². The molecule has 0 amide bonds. The Bertz CT molecular complexity index is 455. The zero-order valence-corrected chi connectivity index (χ0v) is 9.11. The van der Waals surface area contributed by atoms with Gasteiger partial charge in [0.15, 0.2) is 0 Å². The molecule has 2 rings (SSSR count). The van der Waals surface area contributed by atoms with Gasteiger partial charge in [-0.05, 0) is 22.0 Å². The number of fused-ring (bicyclic) bond motifs is 1. The van der Waals surface area contributed by atoms with Gasteiger partial charge in [-0.25, -0.2) is 0 Å². The normalized spacial score (nSPS) is 10.7. The number of methoxy groups -OCH3 is 1. The van der Waals surface area contributed by atoms with Gasteiger partial charge in [-0.2, -0.15) is 5.10 Å². The third-order valence-electron chi connectivity index (χ3n) is 1.77. The van der Waals surface area contributed by atoms with E-state index in [1.807, 2.05) is 6.07 Å². The van der Waals surface area contributed by atoms with Crippen LogP contribution in [0.2, 0.25) is 5.02 Å². The van der Waals surface area contributed by atoms with Gasteiger partial charge in [0, 0.05) is 11.5 Å². The molecule has 1 N–H and O–H groups in total. The van der Waals surface area contributed by atoms with Crippen molar-refractivity contribution in [3.8, 4) is 5.75 Å². The fraction of sp³-hybridized carbons (Fsp3) is 0.125. The smallest absolute Gasteiger partial charge is 0.121 e. The van der Waals surface area contributed by atoms with Crippen molar-refractivity contribution >= 4 is 38.4 Å². The van der Waals surface area contributed by atoms with Crippen LogP contribution in [0, 0.1) is 0 Å². The van der Waals surface area contributed by atoms with Gasteiger partial charge in [-0.1, -0.05) is 11.6 Å². The number of hydrogen-bond donors (Lipinski definition) is 1. The van der Waals surface area contributed by atoms with Crippen molar-refractivity contribution < 1.29 is 4.74 Å². The van der Waals surface area contributed by atoms with Crippen LogP contribution < -0.4 is 4.74 Å². The van der Waals surface area contributed by atoms with Crippen LogP contribution in [0.4, 0.5) is 0 Å². The summed E-state index contributed by atoms with van der Waals surface area (Å²) in [5.74, 6) is 0.722. The van der Waals surface area contributed by atoms with Crippen LogP contribution in [-0.4, -0.2) is 17.3 Å². The van der Waals surface area contributed by atoms with Gasteiger partial charge < -0.3 is 4.74 Å². The molecule has 0 saturated carbocycles. The van der Waals surface area contributed by atoms with E-state index in [4.69, 9.17) is 16.3 Å². The number of benzene rings is 1. The van der Waals surface area contributed by atoms with Gasteiger partial charge in [0.2, 0.25) is 0 Å². The average molecular weight is 262 g/mol. The molecule has 0 bridgehead atoms. The second kappa shape index (κ2) is 3.20. The SMILES string of the molecule is COc1cc(Cl)c2n[nH]c(Br)c2c1. The van der Waals surface area contributed by atoms with E-state index >= 15 is 0 Å². The third-order valence-corrected chi connectivity index (χ3v) is 2.67. The first-order chi connectivity index (χ1) is 6.22. The van der Waals surface area contributed by atoms with Gasteiger partial charge in [-0.3, -0.25) is 5.10 Å². The highest BCUT2D eigenvalue weighted by atomic mass is 79.9. The number of nitrogens with one attached hydrogen (secondary N) is 1. The Hall–Kier alpha value is -0.740. The van der Waals surface area contributed by atoms with Crippen LogP contribution in [-0.2, 0) is 0 Å². The van der Waals surface area contributed by atoms with Crippen LogP contribution in [0.1, 0.15) is 0 Å². The summed E-state index contributed by atoms with van der Waals surface area (Å²) in [5, 5.41) is 8.33. The molecule has 1 heterocycles. The van der Waals surface area contributed by atoms with E-state index < -0.39 is 0 Å². The Morgan fingerprint density at radius 3 is 3.00 bits per heavy atom. The van der Waals surface area contributed by atoms with Crippen molar-refractivity contribution in [2.75, 3.05) is 7.11 Å². The highest BCUT2D eigenvalue weighted by Crippen LogP contribution is 2.31. The molecule has 1 aromatic carbocycles. The zero-order valence-electron chi connectivity index (χ0n) is 6.77. The lowest BCUT2D eigenvalue weighted by atomic mass is 10.2. The number of aromatic amines is 1. The van der Waals surface area contributed by atoms with E-state index in [1.54, 1.807) is 13.2 Å². The van der Waals surface area contributed by atoms with Gasteiger partial charge >= 0.3 is 0 Å². The summed E-state index contributed by atoms with van der Waals surface area (Å²) >= 11 is 9.30. The maximum Gasteiger partial charge on any atom is 0.121 e. The fourth-order valence-corrected chi connectivity index (χ4v) is 1.78. The molecular weight excluding hydrogens is 255 g/mol. The van der Waals surface area contributed by atoms with E-state index in [0.717, 1.165) is 21.3 Å². The lowest BCUT2D eigenvalue weighted by Gasteiger charge is -2.00. The summed E-state index contributed by atoms with van der Waals surface area (Å²) in [7, 11) is 1.60. The molecule has 0 radical (unpaired) electrons. The molecule has 0 atom stereocenters. The summed E-state index contributed by atoms with van der Waals surface area (Å²) in [5.41, 5.74) is 0.745. The third kappa shape index (κ3) is 1.40. The first-order valence-corrected chi connectivity index (χ1v) is 4.76. The predicted octanol–water partition coefficient (Wildman–Crippen LogP) is 2.99. The second-order valence-corrected chi connectivity index (χ2v) is 3.74. The molecule has 2 aromatic rings. The number of nitrogens with zero attached hydrogens (tertiary/aromatic N) is 1. The molecular formula is C8H6BrClN2O. The summed E-state index contributed by atoms with van der Waals surface area (Å²) in [6, 6.07) is 3.60. The molecule has 0 aliphatic rings. The lowest BCUT2D eigenvalue weighted by Crippen LogP contribution is -1.82. The molecule has 0 saturated heterocycles. The summed E-state index contributed by atoms with van der Waals surface area (Å²) < 4.78 is 5.89. The molecule has 5 heteroatoms. The number of ether oxygens (including phenoxy) is 1. The molecule has 13 heavy (non-hydrogen) atoms. The lowest BCUT2D eigenvalue weighted by molar-refractivity contribution is 0.415. The maximum atomic E-state index is 5.97. The number of aromatic nitrogens is 2. The molecule has 1 aromatic heterocycles. The quantitative estimate of drug-likeness (QED) is 0.857. The van der Waals surface area contributed by atoms with Crippen LogP contribution in [0.3, 0.4) is 0 Å². The first-order valence-electron chi connectivity index (χ1n) is 3.59. The first kappa shape index (κ1) is 8.84. The van der Waals surface area contributed by atoms with Crippen molar-refractivity contribution in [1.29, 1.82) is 0 Å². The molecule has 68 valence electrons. The number of halogens is 2. The topological polar surface area (TPSA) is 37.9 Å². The largest absolute Gasteiger partial charge is 0.497 e. The van der Waals surface area contributed by atoms with Crippen molar-refractivity contribution in [3.05, 3.63) is 21.8 Å². The highest BCUT2D eigenvalue weighted by Gasteiger charge is 2.08. The van der Waals surface area contributed by atoms with Gasteiger partial charge in [0.25, 0.3) is 0 Å². The summed E-state index contributed by atoms with van der Waals surface area (Å²) in [6.07, 6.45) is 0. The number of rotatable bonds is 1. The Balaban J connectivity index is 2.80. The van der Waals surface area contributed by atoms with Crippen molar-refractivity contribution in [2.24, 2.45) is 0 Å². The minimum absolute atomic E-state index is 0.580. The Morgan fingerprint density at radius 1 is 1.54 bits per heavy atom. The minimum atomic E-state index is 0.580. The average Bonchev–Trinajstić information content (AvgIpc) is 2.48. The predicted molar refractivity (Wildman–Crippen MR) is 55.4 cm³/mol. The van der Waals surface area contributed by atoms with E-state index in [1.165, 1.54) is 0 Å². The molecule has 0 fully saturated rings. The molecule has 0 aliphatic carbocycles. The minimum Gasteiger partial charge on any atom is -0.497 e. The molecule has 3 nitrogen and oxygen atoms in total. The molecule has 0 spiro atoms. The Morgan fingerprint density at radius 2 is 2.31 bits per heavy atom. The highest BCUT2D eigenvalue weighted by molar-refractivity contribution is 9.10. The van der Waals surface area contributed by atoms with Crippen LogP contribution in [0.15, 0.2) is 16.7 Å². The van der Waals surface area contributed by atoms with Crippen molar-refractivity contribution in [2.45, 2.75) is 0 Å². The van der Waals surface area contributed by atoms with E-state index in [9.17, 15) is 0 Å². The van der Waals surface area contributed by atoms with Gasteiger partial charge in [-0.15, -0.1) is 0 Å². The Kier molecular flexibility index (Phi) is 2.17. The van der Waals surface area contributed by atoms with Crippen LogP contribution in [0.5, 0.6) is 5.75 Å².